The highest BCUT2D eigenvalue weighted by Crippen LogP contribution is 2.39. The second-order valence-electron chi connectivity index (χ2n) is 10.6. The van der Waals surface area contributed by atoms with E-state index in [0.717, 1.165) is 48.5 Å². The van der Waals surface area contributed by atoms with Gasteiger partial charge in [0.2, 0.25) is 11.5 Å². The monoisotopic (exact) mass is 560 g/mol. The minimum Gasteiger partial charge on any atom is -0.380 e. The van der Waals surface area contributed by atoms with E-state index in [0.29, 0.717) is 18.6 Å². The molecule has 0 bridgehead atoms. The maximum absolute atomic E-state index is 14.0. The number of aryl methyl sites for hydroxylation is 2. The Morgan fingerprint density at radius 3 is 2.03 bits per heavy atom. The van der Waals surface area contributed by atoms with Gasteiger partial charge in [-0.2, -0.15) is 0 Å². The van der Waals surface area contributed by atoms with Crippen molar-refractivity contribution >= 4 is 33.9 Å². The molecule has 192 valence electrons. The number of fused-ring (bicyclic) bond motifs is 1. The molecular weight excluding hydrogens is 528 g/mol. The van der Waals surface area contributed by atoms with Crippen molar-refractivity contribution in [1.29, 1.82) is 5.41 Å². The Balaban J connectivity index is 0.00000280. The molecule has 1 unspecified atom stereocenters. The van der Waals surface area contributed by atoms with E-state index in [4.69, 9.17) is 4.74 Å². The first-order valence-electron chi connectivity index (χ1n) is 12.6. The van der Waals surface area contributed by atoms with Crippen molar-refractivity contribution in [2.45, 2.75) is 32.9 Å². The lowest BCUT2D eigenvalue weighted by Gasteiger charge is -2.55. The zero-order chi connectivity index (χ0) is 24.9. The largest absolute Gasteiger partial charge is 0.380 e. The number of carbonyl (C=O) groups is 1. The number of benzene rings is 3. The Hall–Kier alpha value is -3.16. The molecule has 4 aromatic rings. The number of hydrogen-bond acceptors (Lipinski definition) is 3. The molecule has 7 heteroatoms. The fourth-order valence-electron chi connectivity index (χ4n) is 5.55. The Labute approximate surface area is 227 Å². The lowest BCUT2D eigenvalue weighted by Crippen LogP contribution is -2.68. The van der Waals surface area contributed by atoms with Crippen LogP contribution in [0, 0.1) is 24.7 Å². The molecule has 2 saturated heterocycles. The highest BCUT2D eigenvalue weighted by molar-refractivity contribution is 8.93. The third kappa shape index (κ3) is 4.66. The minimum absolute atomic E-state index is 0. The number of hydrogen-bond donors (Lipinski definition) is 1. The van der Waals surface area contributed by atoms with E-state index in [2.05, 4.69) is 68.4 Å². The third-order valence-corrected chi connectivity index (χ3v) is 7.70. The number of ether oxygens (including phenoxy) is 1. The maximum atomic E-state index is 14.0. The summed E-state index contributed by atoms with van der Waals surface area (Å²) < 4.78 is 9.40. The van der Waals surface area contributed by atoms with Gasteiger partial charge in [0, 0.05) is 19.5 Å². The molecule has 2 aliphatic rings. The van der Waals surface area contributed by atoms with Crippen LogP contribution >= 0.6 is 17.0 Å². The number of para-hydroxylation sites is 2. The molecule has 1 atom stereocenters. The minimum atomic E-state index is -0.484. The molecule has 1 N–H and O–H groups in total. The lowest BCUT2D eigenvalue weighted by molar-refractivity contribution is -0.197. The SMILES string of the molecule is Br.Cc1ccc(CC(C(=O)N2CC3(COC3)C2)n2c(=N)n(Cc3ccc(C)cc3)c3ccccc32)cc1. The number of rotatable bonds is 6. The summed E-state index contributed by atoms with van der Waals surface area (Å²) in [4.78, 5) is 16.0. The number of nitrogens with zero attached hydrogens (tertiary/aromatic N) is 3. The second kappa shape index (κ2) is 9.95. The zero-order valence-electron chi connectivity index (χ0n) is 21.3. The number of nitrogens with one attached hydrogen (secondary N) is 1. The molecule has 1 aromatic heterocycles. The van der Waals surface area contributed by atoms with Crippen molar-refractivity contribution in [2.24, 2.45) is 5.41 Å². The molecule has 0 radical (unpaired) electrons. The number of imidazole rings is 1. The van der Waals surface area contributed by atoms with Gasteiger partial charge in [0.15, 0.2) is 0 Å². The van der Waals surface area contributed by atoms with Crippen LogP contribution in [0.2, 0.25) is 0 Å². The molecule has 1 amide bonds. The van der Waals surface area contributed by atoms with E-state index >= 15 is 0 Å². The average molecular weight is 562 g/mol. The molecule has 6 nitrogen and oxygen atoms in total. The van der Waals surface area contributed by atoms with Crippen LogP contribution in [0.15, 0.2) is 72.8 Å². The molecular formula is C30H33BrN4O2. The molecule has 1 spiro atoms. The van der Waals surface area contributed by atoms with E-state index < -0.39 is 6.04 Å². The van der Waals surface area contributed by atoms with Crippen LogP contribution in [0.4, 0.5) is 0 Å². The van der Waals surface area contributed by atoms with Crippen molar-refractivity contribution in [2.75, 3.05) is 26.3 Å². The summed E-state index contributed by atoms with van der Waals surface area (Å²) >= 11 is 0. The van der Waals surface area contributed by atoms with Gasteiger partial charge >= 0.3 is 0 Å². The van der Waals surface area contributed by atoms with E-state index in [-0.39, 0.29) is 28.3 Å². The van der Waals surface area contributed by atoms with Crippen LogP contribution in [0.5, 0.6) is 0 Å². The van der Waals surface area contributed by atoms with Crippen LogP contribution in [0.25, 0.3) is 11.0 Å². The second-order valence-corrected chi connectivity index (χ2v) is 10.6. The fourth-order valence-corrected chi connectivity index (χ4v) is 5.55. The summed E-state index contributed by atoms with van der Waals surface area (Å²) in [6.07, 6.45) is 0.550. The van der Waals surface area contributed by atoms with Crippen LogP contribution in [-0.2, 0) is 22.5 Å². The summed E-state index contributed by atoms with van der Waals surface area (Å²) in [7, 11) is 0. The van der Waals surface area contributed by atoms with Crippen molar-refractivity contribution < 1.29 is 9.53 Å². The van der Waals surface area contributed by atoms with Crippen molar-refractivity contribution in [3.63, 3.8) is 0 Å². The van der Waals surface area contributed by atoms with Gasteiger partial charge in [-0.25, -0.2) is 0 Å². The highest BCUT2D eigenvalue weighted by Gasteiger charge is 2.51. The van der Waals surface area contributed by atoms with Crippen molar-refractivity contribution in [3.8, 4) is 0 Å². The molecule has 0 saturated carbocycles. The summed E-state index contributed by atoms with van der Waals surface area (Å²) in [5.74, 6) is 0.0878. The number of likely N-dealkylation sites (tertiary alicyclic amines) is 1. The number of halogens is 1. The standard InChI is InChI=1S/C30H32N4O2.BrH/c1-21-7-11-23(12-8-21)15-27(28(35)32-17-30(18-32)19-36-20-30)34-26-6-4-3-5-25(26)33(29(34)31)16-24-13-9-22(2)10-14-24;/h3-14,27,31H,15-20H2,1-2H3;1H. The van der Waals surface area contributed by atoms with E-state index in [1.54, 1.807) is 0 Å². The van der Waals surface area contributed by atoms with Gasteiger partial charge in [-0.1, -0.05) is 71.8 Å². The number of amides is 1. The Morgan fingerprint density at radius 2 is 1.46 bits per heavy atom. The van der Waals surface area contributed by atoms with Gasteiger partial charge in [-0.3, -0.25) is 14.8 Å². The van der Waals surface area contributed by atoms with Gasteiger partial charge in [-0.05, 0) is 37.1 Å². The lowest BCUT2D eigenvalue weighted by atomic mass is 9.77. The summed E-state index contributed by atoms with van der Waals surface area (Å²) in [5.41, 5.74) is 7.04. The number of aromatic nitrogens is 2. The predicted octanol–water partition coefficient (Wildman–Crippen LogP) is 4.81. The first kappa shape index (κ1) is 25.5. The van der Waals surface area contributed by atoms with Crippen molar-refractivity contribution in [3.05, 3.63) is 101 Å². The molecule has 2 aliphatic heterocycles. The molecule has 0 aliphatic carbocycles. The molecule has 6 rings (SSSR count). The van der Waals surface area contributed by atoms with Crippen LogP contribution in [-0.4, -0.2) is 46.2 Å². The Morgan fingerprint density at radius 1 is 0.892 bits per heavy atom. The molecule has 2 fully saturated rings. The Bertz CT molecular complexity index is 1480. The van der Waals surface area contributed by atoms with Gasteiger partial charge in [0.05, 0.1) is 36.2 Å². The fraction of sp³-hybridized carbons (Fsp3) is 0.333. The van der Waals surface area contributed by atoms with Crippen LogP contribution in [0.1, 0.15) is 28.3 Å². The third-order valence-electron chi connectivity index (χ3n) is 7.70. The van der Waals surface area contributed by atoms with Gasteiger partial charge < -0.3 is 14.2 Å². The van der Waals surface area contributed by atoms with Gasteiger partial charge in [0.25, 0.3) is 0 Å². The smallest absolute Gasteiger partial charge is 0.246 e. The van der Waals surface area contributed by atoms with Gasteiger partial charge in [0.1, 0.15) is 6.04 Å². The molecule has 3 heterocycles. The van der Waals surface area contributed by atoms with E-state index in [9.17, 15) is 10.2 Å². The first-order valence-corrected chi connectivity index (χ1v) is 12.6. The average Bonchev–Trinajstić information content (AvgIpc) is 3.09. The normalized spacial score (nSPS) is 16.6. The summed E-state index contributed by atoms with van der Waals surface area (Å²) in [6.45, 7) is 7.70. The predicted molar refractivity (Wildman–Crippen MR) is 150 cm³/mol. The number of carbonyl (C=O) groups excluding carboxylic acids is 1. The Kier molecular flexibility index (Phi) is 6.86. The van der Waals surface area contributed by atoms with Crippen LogP contribution < -0.4 is 5.62 Å². The maximum Gasteiger partial charge on any atom is 0.246 e. The van der Waals surface area contributed by atoms with Crippen molar-refractivity contribution in [1.82, 2.24) is 14.0 Å². The van der Waals surface area contributed by atoms with Crippen LogP contribution in [0.3, 0.4) is 0 Å². The topological polar surface area (TPSA) is 63.2 Å². The summed E-state index contributed by atoms with van der Waals surface area (Å²) in [6, 6.07) is 24.4. The zero-order valence-corrected chi connectivity index (χ0v) is 23.0. The first-order chi connectivity index (χ1) is 17.4. The molecule has 37 heavy (non-hydrogen) atoms. The highest BCUT2D eigenvalue weighted by atomic mass is 79.9. The molecule has 3 aromatic carbocycles. The van der Waals surface area contributed by atoms with E-state index in [1.165, 1.54) is 11.1 Å². The van der Waals surface area contributed by atoms with Gasteiger partial charge in [-0.15, -0.1) is 17.0 Å². The summed E-state index contributed by atoms with van der Waals surface area (Å²) in [5, 5.41) is 9.27. The quantitative estimate of drug-likeness (QED) is 0.368. The van der Waals surface area contributed by atoms with E-state index in [1.807, 2.05) is 32.2 Å².